The molecule has 0 fully saturated rings. The molecule has 0 aromatic heterocycles. The quantitative estimate of drug-likeness (QED) is 0.911. The molecule has 0 aliphatic heterocycles. The van der Waals surface area contributed by atoms with Crippen molar-refractivity contribution >= 4 is 21.6 Å². The average molecular weight is 319 g/mol. The number of anilines is 1. The van der Waals surface area contributed by atoms with Gasteiger partial charge in [0, 0.05) is 12.2 Å². The lowest BCUT2D eigenvalue weighted by Gasteiger charge is -2.11. The van der Waals surface area contributed by atoms with Crippen molar-refractivity contribution in [2.45, 2.75) is 13.5 Å². The number of nitrogens with zero attached hydrogens (tertiary/aromatic N) is 1. The first-order chi connectivity index (χ1) is 9.11. The van der Waals surface area contributed by atoms with Crippen molar-refractivity contribution < 1.29 is 4.39 Å². The maximum absolute atomic E-state index is 13.4. The van der Waals surface area contributed by atoms with Crippen LogP contribution in [0.1, 0.15) is 16.7 Å². The summed E-state index contributed by atoms with van der Waals surface area (Å²) in [7, 11) is 0. The lowest BCUT2D eigenvalue weighted by atomic mass is 10.1. The van der Waals surface area contributed by atoms with Crippen LogP contribution < -0.4 is 5.32 Å². The van der Waals surface area contributed by atoms with E-state index in [1.165, 1.54) is 6.07 Å². The van der Waals surface area contributed by atoms with Crippen LogP contribution in [0, 0.1) is 24.1 Å². The lowest BCUT2D eigenvalue weighted by molar-refractivity contribution is 0.618. The Morgan fingerprint density at radius 3 is 2.84 bits per heavy atom. The van der Waals surface area contributed by atoms with E-state index in [-0.39, 0.29) is 5.82 Å². The van der Waals surface area contributed by atoms with Crippen LogP contribution in [0.5, 0.6) is 0 Å². The van der Waals surface area contributed by atoms with Crippen LogP contribution in [-0.4, -0.2) is 0 Å². The van der Waals surface area contributed by atoms with Gasteiger partial charge < -0.3 is 5.32 Å². The molecule has 0 aliphatic carbocycles. The fraction of sp³-hybridized carbons (Fsp3) is 0.133. The van der Waals surface area contributed by atoms with Crippen LogP contribution in [0.2, 0.25) is 0 Å². The summed E-state index contributed by atoms with van der Waals surface area (Å²) in [6.45, 7) is 2.46. The van der Waals surface area contributed by atoms with Crippen LogP contribution >= 0.6 is 15.9 Å². The standard InChI is InChI=1S/C15H12BrFN2/c1-10-5-6-11(8-18)7-14(10)19-9-12-3-2-4-13(17)15(12)16/h2-7,19H,9H2,1H3. The van der Waals surface area contributed by atoms with Crippen molar-refractivity contribution in [3.05, 3.63) is 63.4 Å². The third-order valence-corrected chi connectivity index (χ3v) is 3.76. The molecular weight excluding hydrogens is 307 g/mol. The predicted molar refractivity (Wildman–Crippen MR) is 77.3 cm³/mol. The maximum atomic E-state index is 13.4. The van der Waals surface area contributed by atoms with Gasteiger partial charge >= 0.3 is 0 Å². The average Bonchev–Trinajstić information content (AvgIpc) is 2.42. The zero-order valence-electron chi connectivity index (χ0n) is 10.4. The van der Waals surface area contributed by atoms with Crippen LogP contribution in [-0.2, 0) is 6.54 Å². The van der Waals surface area contributed by atoms with E-state index >= 15 is 0 Å². The van der Waals surface area contributed by atoms with Crippen molar-refractivity contribution in [3.63, 3.8) is 0 Å². The van der Waals surface area contributed by atoms with Gasteiger partial charge in [0.25, 0.3) is 0 Å². The van der Waals surface area contributed by atoms with Crippen molar-refractivity contribution in [1.82, 2.24) is 0 Å². The number of benzene rings is 2. The molecule has 2 aromatic carbocycles. The van der Waals surface area contributed by atoms with E-state index in [9.17, 15) is 4.39 Å². The van der Waals surface area contributed by atoms with Crippen molar-refractivity contribution in [2.24, 2.45) is 0 Å². The highest BCUT2D eigenvalue weighted by atomic mass is 79.9. The molecule has 2 rings (SSSR count). The minimum atomic E-state index is -0.276. The van der Waals surface area contributed by atoms with Gasteiger partial charge in [-0.1, -0.05) is 18.2 Å². The molecule has 0 amide bonds. The molecule has 19 heavy (non-hydrogen) atoms. The van der Waals surface area contributed by atoms with Crippen molar-refractivity contribution in [1.29, 1.82) is 5.26 Å². The number of nitrogens with one attached hydrogen (secondary N) is 1. The van der Waals surface area contributed by atoms with E-state index in [1.54, 1.807) is 18.2 Å². The zero-order chi connectivity index (χ0) is 13.8. The van der Waals surface area contributed by atoms with Crippen LogP contribution in [0.25, 0.3) is 0 Å². The molecule has 2 nitrogen and oxygen atoms in total. The molecule has 96 valence electrons. The molecule has 1 N–H and O–H groups in total. The highest BCUT2D eigenvalue weighted by Crippen LogP contribution is 2.23. The van der Waals surface area contributed by atoms with Gasteiger partial charge in [0.05, 0.1) is 16.1 Å². The van der Waals surface area contributed by atoms with Gasteiger partial charge in [-0.2, -0.15) is 5.26 Å². The number of nitriles is 1. The minimum Gasteiger partial charge on any atom is -0.381 e. The van der Waals surface area contributed by atoms with E-state index in [2.05, 4.69) is 27.3 Å². The summed E-state index contributed by atoms with van der Waals surface area (Å²) < 4.78 is 13.9. The highest BCUT2D eigenvalue weighted by molar-refractivity contribution is 9.10. The van der Waals surface area contributed by atoms with Gasteiger partial charge in [-0.25, -0.2) is 4.39 Å². The van der Waals surface area contributed by atoms with Gasteiger partial charge in [-0.3, -0.25) is 0 Å². The molecule has 2 aromatic rings. The second kappa shape index (κ2) is 5.85. The molecule has 0 spiro atoms. The summed E-state index contributed by atoms with van der Waals surface area (Å²) in [4.78, 5) is 0. The van der Waals surface area contributed by atoms with E-state index in [4.69, 9.17) is 5.26 Å². The van der Waals surface area contributed by atoms with Crippen LogP contribution in [0.3, 0.4) is 0 Å². The van der Waals surface area contributed by atoms with Crippen LogP contribution in [0.4, 0.5) is 10.1 Å². The second-order valence-corrected chi connectivity index (χ2v) is 5.00. The summed E-state index contributed by atoms with van der Waals surface area (Å²) in [5.41, 5.74) is 3.37. The SMILES string of the molecule is Cc1ccc(C#N)cc1NCc1cccc(F)c1Br. The molecule has 0 saturated heterocycles. The third kappa shape index (κ3) is 3.12. The smallest absolute Gasteiger partial charge is 0.137 e. The molecule has 4 heteroatoms. The van der Waals surface area contributed by atoms with Gasteiger partial charge in [0.2, 0.25) is 0 Å². The number of halogens is 2. The first-order valence-corrected chi connectivity index (χ1v) is 6.58. The van der Waals surface area contributed by atoms with Crippen LogP contribution in [0.15, 0.2) is 40.9 Å². The number of hydrogen-bond donors (Lipinski definition) is 1. The van der Waals surface area contributed by atoms with Crippen molar-refractivity contribution in [2.75, 3.05) is 5.32 Å². The largest absolute Gasteiger partial charge is 0.381 e. The monoisotopic (exact) mass is 318 g/mol. The van der Waals surface area contributed by atoms with Gasteiger partial charge in [-0.05, 0) is 52.2 Å². The number of hydrogen-bond acceptors (Lipinski definition) is 2. The van der Waals surface area contributed by atoms with E-state index in [0.29, 0.717) is 16.6 Å². The molecule has 0 bridgehead atoms. The summed E-state index contributed by atoms with van der Waals surface area (Å²) in [6, 6.07) is 12.5. The number of rotatable bonds is 3. The number of aryl methyl sites for hydroxylation is 1. The van der Waals surface area contributed by atoms with Gasteiger partial charge in [0.15, 0.2) is 0 Å². The molecule has 0 radical (unpaired) electrons. The Labute approximate surface area is 120 Å². The van der Waals surface area contributed by atoms with Gasteiger partial charge in [0.1, 0.15) is 5.82 Å². The highest BCUT2D eigenvalue weighted by Gasteiger charge is 2.06. The molecule has 0 saturated carbocycles. The van der Waals surface area contributed by atoms with E-state index in [1.807, 2.05) is 19.1 Å². The molecule has 0 atom stereocenters. The second-order valence-electron chi connectivity index (χ2n) is 4.21. The summed E-state index contributed by atoms with van der Waals surface area (Å²) in [5, 5.41) is 12.1. The Kier molecular flexibility index (Phi) is 4.18. The Bertz CT molecular complexity index is 647. The predicted octanol–water partition coefficient (Wildman–Crippen LogP) is 4.38. The minimum absolute atomic E-state index is 0.276. The fourth-order valence-electron chi connectivity index (χ4n) is 1.76. The first kappa shape index (κ1) is 13.6. The third-order valence-electron chi connectivity index (χ3n) is 2.87. The summed E-state index contributed by atoms with van der Waals surface area (Å²) in [6.07, 6.45) is 0. The molecular formula is C15H12BrFN2. The van der Waals surface area contributed by atoms with Gasteiger partial charge in [-0.15, -0.1) is 0 Å². The topological polar surface area (TPSA) is 35.8 Å². The first-order valence-electron chi connectivity index (χ1n) is 5.79. The fourth-order valence-corrected chi connectivity index (χ4v) is 2.16. The Morgan fingerprint density at radius 1 is 1.32 bits per heavy atom. The summed E-state index contributed by atoms with van der Waals surface area (Å²) in [5.74, 6) is -0.276. The molecule has 0 unspecified atom stereocenters. The normalized spacial score (nSPS) is 10.0. The summed E-state index contributed by atoms with van der Waals surface area (Å²) >= 11 is 3.23. The molecule has 0 heterocycles. The van der Waals surface area contributed by atoms with Crippen molar-refractivity contribution in [3.8, 4) is 6.07 Å². The Hall–Kier alpha value is -1.86. The lowest BCUT2D eigenvalue weighted by Crippen LogP contribution is -2.02. The van der Waals surface area contributed by atoms with E-state index < -0.39 is 0 Å². The maximum Gasteiger partial charge on any atom is 0.137 e. The Morgan fingerprint density at radius 2 is 2.11 bits per heavy atom. The molecule has 0 aliphatic rings. The van der Waals surface area contributed by atoms with E-state index in [0.717, 1.165) is 16.8 Å². The zero-order valence-corrected chi connectivity index (χ0v) is 12.0. The Balaban J connectivity index is 2.19.